The number of benzene rings is 1. The summed E-state index contributed by atoms with van der Waals surface area (Å²) >= 11 is 3.44. The lowest BCUT2D eigenvalue weighted by atomic mass is 10.2. The number of ether oxygens (including phenoxy) is 2. The molecule has 2 heterocycles. The minimum Gasteiger partial charge on any atom is -0.461 e. The van der Waals surface area contributed by atoms with Gasteiger partial charge in [0.2, 0.25) is 0 Å². The Morgan fingerprint density at radius 3 is 2.45 bits per heavy atom. The van der Waals surface area contributed by atoms with Gasteiger partial charge >= 0.3 is 6.01 Å². The van der Waals surface area contributed by atoms with Gasteiger partial charge in [-0.15, -0.1) is 0 Å². The molecular weight excluding hydrogens is 436 g/mol. The van der Waals surface area contributed by atoms with Crippen LogP contribution in [0.25, 0.3) is 6.08 Å². The van der Waals surface area contributed by atoms with E-state index >= 15 is 0 Å². The molecule has 1 fully saturated rings. The number of carbonyl (C=O) groups is 1. The van der Waals surface area contributed by atoms with E-state index in [4.69, 9.17) is 9.47 Å². The molecule has 0 radical (unpaired) electrons. The number of piperazine rings is 1. The van der Waals surface area contributed by atoms with Crippen LogP contribution in [-0.2, 0) is 4.74 Å². The largest absolute Gasteiger partial charge is 0.461 e. The number of aromatic nitrogens is 2. The van der Waals surface area contributed by atoms with E-state index in [1.54, 1.807) is 7.11 Å². The number of halogens is 1. The quantitative estimate of drug-likeness (QED) is 0.564. The molecule has 0 N–H and O–H groups in total. The molecule has 1 aliphatic heterocycles. The van der Waals surface area contributed by atoms with Gasteiger partial charge in [0.15, 0.2) is 0 Å². The normalized spacial score (nSPS) is 15.0. The zero-order chi connectivity index (χ0) is 20.5. The van der Waals surface area contributed by atoms with Gasteiger partial charge in [-0.1, -0.05) is 40.2 Å². The third-order valence-electron chi connectivity index (χ3n) is 4.60. The number of hydrogen-bond acceptors (Lipinski definition) is 6. The summed E-state index contributed by atoms with van der Waals surface area (Å²) in [6.45, 7) is 4.78. The SMILES string of the molecule is COCCOc1ncc(C(=O)N2CCN(C/C=C/c3ccc(Br)cc3)CC2)cn1. The highest BCUT2D eigenvalue weighted by Crippen LogP contribution is 2.12. The summed E-state index contributed by atoms with van der Waals surface area (Å²) in [5.41, 5.74) is 1.66. The van der Waals surface area contributed by atoms with Crippen LogP contribution in [0.2, 0.25) is 0 Å². The van der Waals surface area contributed by atoms with E-state index in [-0.39, 0.29) is 11.9 Å². The van der Waals surface area contributed by atoms with Crippen LogP contribution in [0.3, 0.4) is 0 Å². The predicted octanol–water partition coefficient (Wildman–Crippen LogP) is 2.74. The van der Waals surface area contributed by atoms with Gasteiger partial charge in [-0.2, -0.15) is 0 Å². The highest BCUT2D eigenvalue weighted by molar-refractivity contribution is 9.10. The summed E-state index contributed by atoms with van der Waals surface area (Å²) in [6, 6.07) is 8.47. The van der Waals surface area contributed by atoms with Gasteiger partial charge in [-0.3, -0.25) is 9.69 Å². The maximum absolute atomic E-state index is 12.7. The predicted molar refractivity (Wildman–Crippen MR) is 115 cm³/mol. The number of nitrogens with zero attached hydrogens (tertiary/aromatic N) is 4. The lowest BCUT2D eigenvalue weighted by Crippen LogP contribution is -2.48. The number of carbonyl (C=O) groups excluding carboxylic acids is 1. The lowest BCUT2D eigenvalue weighted by Gasteiger charge is -2.34. The van der Waals surface area contributed by atoms with Gasteiger partial charge in [0.1, 0.15) is 6.61 Å². The van der Waals surface area contributed by atoms with Gasteiger partial charge < -0.3 is 14.4 Å². The maximum Gasteiger partial charge on any atom is 0.316 e. The van der Waals surface area contributed by atoms with Crippen molar-refractivity contribution in [2.45, 2.75) is 0 Å². The second-order valence-electron chi connectivity index (χ2n) is 6.64. The molecule has 2 aromatic rings. The van der Waals surface area contributed by atoms with Crippen molar-refractivity contribution in [3.8, 4) is 6.01 Å². The van der Waals surface area contributed by atoms with Crippen LogP contribution >= 0.6 is 15.9 Å². The van der Waals surface area contributed by atoms with Crippen LogP contribution in [0.4, 0.5) is 0 Å². The number of rotatable bonds is 8. The highest BCUT2D eigenvalue weighted by Gasteiger charge is 2.22. The summed E-state index contributed by atoms with van der Waals surface area (Å²) in [5.74, 6) is -0.0431. The number of amides is 1. The summed E-state index contributed by atoms with van der Waals surface area (Å²) in [6.07, 6.45) is 7.32. The molecule has 7 nitrogen and oxygen atoms in total. The zero-order valence-corrected chi connectivity index (χ0v) is 18.0. The molecule has 0 saturated carbocycles. The fourth-order valence-corrected chi connectivity index (χ4v) is 3.21. The minimum atomic E-state index is -0.0431. The van der Waals surface area contributed by atoms with Crippen molar-refractivity contribution in [1.29, 1.82) is 0 Å². The first-order valence-electron chi connectivity index (χ1n) is 9.53. The lowest BCUT2D eigenvalue weighted by molar-refractivity contribution is 0.0649. The second kappa shape index (κ2) is 11.0. The first-order chi connectivity index (χ1) is 14.2. The molecule has 1 aliphatic rings. The van der Waals surface area contributed by atoms with Crippen molar-refractivity contribution in [2.24, 2.45) is 0 Å². The van der Waals surface area contributed by atoms with Crippen molar-refractivity contribution in [3.05, 3.63) is 58.3 Å². The first kappa shape index (κ1) is 21.4. The Morgan fingerprint density at radius 2 is 1.79 bits per heavy atom. The van der Waals surface area contributed by atoms with E-state index in [2.05, 4.69) is 55.1 Å². The zero-order valence-electron chi connectivity index (χ0n) is 16.5. The maximum atomic E-state index is 12.7. The molecule has 0 aliphatic carbocycles. The Bertz CT molecular complexity index is 804. The van der Waals surface area contributed by atoms with Crippen LogP contribution in [-0.4, -0.2) is 78.7 Å². The van der Waals surface area contributed by atoms with Gasteiger partial charge in [-0.05, 0) is 17.7 Å². The Hall–Kier alpha value is -2.29. The van der Waals surface area contributed by atoms with E-state index in [1.807, 2.05) is 17.0 Å². The highest BCUT2D eigenvalue weighted by atomic mass is 79.9. The minimum absolute atomic E-state index is 0.0431. The molecule has 1 saturated heterocycles. The van der Waals surface area contributed by atoms with Crippen LogP contribution in [0, 0.1) is 0 Å². The average Bonchev–Trinajstić information content (AvgIpc) is 2.76. The summed E-state index contributed by atoms with van der Waals surface area (Å²) in [5, 5.41) is 0. The topological polar surface area (TPSA) is 67.8 Å². The molecule has 1 aromatic heterocycles. The molecule has 0 bridgehead atoms. The van der Waals surface area contributed by atoms with E-state index in [0.717, 1.165) is 24.1 Å². The molecule has 0 atom stereocenters. The smallest absolute Gasteiger partial charge is 0.316 e. The van der Waals surface area contributed by atoms with E-state index in [9.17, 15) is 4.79 Å². The Balaban J connectivity index is 1.43. The molecular formula is C21H25BrN4O3. The Morgan fingerprint density at radius 1 is 1.10 bits per heavy atom. The van der Waals surface area contributed by atoms with E-state index < -0.39 is 0 Å². The molecule has 29 heavy (non-hydrogen) atoms. The summed E-state index contributed by atoms with van der Waals surface area (Å²) < 4.78 is 11.3. The Labute approximate surface area is 179 Å². The van der Waals surface area contributed by atoms with E-state index in [1.165, 1.54) is 18.0 Å². The van der Waals surface area contributed by atoms with Gasteiger partial charge in [-0.25, -0.2) is 9.97 Å². The second-order valence-corrected chi connectivity index (χ2v) is 7.56. The van der Waals surface area contributed by atoms with Crippen molar-refractivity contribution in [3.63, 3.8) is 0 Å². The third kappa shape index (κ3) is 6.62. The third-order valence-corrected chi connectivity index (χ3v) is 5.13. The molecule has 1 aromatic carbocycles. The molecule has 8 heteroatoms. The van der Waals surface area contributed by atoms with Crippen LogP contribution in [0.5, 0.6) is 6.01 Å². The standard InChI is InChI=1S/C21H25BrN4O3/c1-28-13-14-29-21-23-15-18(16-24-21)20(27)26-11-9-25(10-12-26)8-2-3-17-4-6-19(22)7-5-17/h2-7,15-16H,8-14H2,1H3/b3-2+. The summed E-state index contributed by atoms with van der Waals surface area (Å²) in [7, 11) is 1.60. The molecule has 0 spiro atoms. The van der Waals surface area contributed by atoms with E-state index in [0.29, 0.717) is 31.9 Å². The van der Waals surface area contributed by atoms with Crippen molar-refractivity contribution >= 4 is 27.9 Å². The van der Waals surface area contributed by atoms with Crippen molar-refractivity contribution in [2.75, 3.05) is 53.0 Å². The number of hydrogen-bond donors (Lipinski definition) is 0. The van der Waals surface area contributed by atoms with Gasteiger partial charge in [0, 0.05) is 56.7 Å². The molecule has 1 amide bonds. The molecule has 3 rings (SSSR count). The Kier molecular flexibility index (Phi) is 8.15. The molecule has 0 unspecified atom stereocenters. The number of methoxy groups -OCH3 is 1. The van der Waals surface area contributed by atoms with Crippen LogP contribution in [0.15, 0.2) is 47.2 Å². The monoisotopic (exact) mass is 460 g/mol. The van der Waals surface area contributed by atoms with Crippen molar-refractivity contribution in [1.82, 2.24) is 19.8 Å². The van der Waals surface area contributed by atoms with Gasteiger partial charge in [0.05, 0.1) is 12.2 Å². The average molecular weight is 461 g/mol. The molecule has 154 valence electrons. The van der Waals surface area contributed by atoms with Crippen LogP contribution in [0.1, 0.15) is 15.9 Å². The van der Waals surface area contributed by atoms with Crippen LogP contribution < -0.4 is 4.74 Å². The summed E-state index contributed by atoms with van der Waals surface area (Å²) in [4.78, 5) is 25.0. The van der Waals surface area contributed by atoms with Gasteiger partial charge in [0.25, 0.3) is 5.91 Å². The first-order valence-corrected chi connectivity index (χ1v) is 10.3. The fraction of sp³-hybridized carbons (Fsp3) is 0.381. The fourth-order valence-electron chi connectivity index (χ4n) is 2.95. The van der Waals surface area contributed by atoms with Crippen molar-refractivity contribution < 1.29 is 14.3 Å².